The van der Waals surface area contributed by atoms with Crippen molar-refractivity contribution in [3.8, 4) is 23.0 Å². The molecule has 2 N–H and O–H groups in total. The Labute approximate surface area is 181 Å². The van der Waals surface area contributed by atoms with Crippen LogP contribution >= 0.6 is 0 Å². The van der Waals surface area contributed by atoms with Crippen LogP contribution < -0.4 is 9.64 Å². The Balaban J connectivity index is 1.47. The highest BCUT2D eigenvalue weighted by Gasteiger charge is 2.23. The van der Waals surface area contributed by atoms with E-state index in [0.29, 0.717) is 48.3 Å². The number of oxazole rings is 1. The maximum absolute atomic E-state index is 12.8. The van der Waals surface area contributed by atoms with E-state index in [0.717, 1.165) is 5.69 Å². The molecule has 3 aromatic rings. The van der Waals surface area contributed by atoms with Gasteiger partial charge in [-0.2, -0.15) is 0 Å². The lowest BCUT2D eigenvalue weighted by atomic mass is 10.1. The smallest absolute Gasteiger partial charge is 0.341 e. The van der Waals surface area contributed by atoms with Crippen molar-refractivity contribution < 1.29 is 28.4 Å². The van der Waals surface area contributed by atoms with Crippen molar-refractivity contribution in [2.45, 2.75) is 4.90 Å². The molecule has 1 unspecified atom stereocenters. The molecule has 10 heteroatoms. The summed E-state index contributed by atoms with van der Waals surface area (Å²) in [5, 5.41) is 18.4. The fourth-order valence-corrected chi connectivity index (χ4v) is 4.49. The molecule has 31 heavy (non-hydrogen) atoms. The molecule has 0 spiro atoms. The zero-order valence-corrected chi connectivity index (χ0v) is 17.3. The molecule has 1 aliphatic rings. The molecule has 1 saturated heterocycles. The first kappa shape index (κ1) is 20.9. The van der Waals surface area contributed by atoms with Crippen LogP contribution in [0.15, 0.2) is 64.2 Å². The van der Waals surface area contributed by atoms with Crippen LogP contribution in [0.2, 0.25) is 0 Å². The number of aliphatic carboxylic acids is 1. The van der Waals surface area contributed by atoms with Crippen molar-refractivity contribution in [1.82, 2.24) is 9.29 Å². The summed E-state index contributed by atoms with van der Waals surface area (Å²) in [7, 11) is -1.30. The van der Waals surface area contributed by atoms with E-state index in [1.54, 1.807) is 24.3 Å². The highest BCUT2D eigenvalue weighted by atomic mass is 32.2. The van der Waals surface area contributed by atoms with Gasteiger partial charge in [0.15, 0.2) is 6.61 Å². The fourth-order valence-electron chi connectivity index (χ4n) is 3.32. The number of phenolic OH excluding ortho intramolecular Hbond substituents is 1. The number of carboxylic acid groups (broad SMARTS) is 1. The number of aromatic nitrogens is 1. The van der Waals surface area contributed by atoms with Gasteiger partial charge in [-0.25, -0.2) is 18.3 Å². The summed E-state index contributed by atoms with van der Waals surface area (Å²) in [6.07, 6.45) is 2.95. The SMILES string of the molecule is O=C(O)COc1cc(N2CCN(S(=O)c3ccc(O)cc3)CC2)ccc1-c1ncco1. The highest BCUT2D eigenvalue weighted by molar-refractivity contribution is 7.82. The molecule has 0 aliphatic carbocycles. The third kappa shape index (κ3) is 4.86. The number of nitrogens with zero attached hydrogens (tertiary/aromatic N) is 3. The molecule has 0 radical (unpaired) electrons. The molecule has 1 aromatic heterocycles. The summed E-state index contributed by atoms with van der Waals surface area (Å²) in [6, 6.07) is 11.8. The number of piperazine rings is 1. The Hall–Kier alpha value is -3.37. The number of hydrogen-bond acceptors (Lipinski definition) is 7. The Bertz CT molecular complexity index is 1060. The van der Waals surface area contributed by atoms with Gasteiger partial charge < -0.3 is 24.3 Å². The second kappa shape index (κ2) is 9.19. The van der Waals surface area contributed by atoms with Crippen LogP contribution in [0.3, 0.4) is 0 Å². The average molecular weight is 443 g/mol. The Morgan fingerprint density at radius 1 is 1.13 bits per heavy atom. The maximum Gasteiger partial charge on any atom is 0.341 e. The summed E-state index contributed by atoms with van der Waals surface area (Å²) in [5.74, 6) is -0.215. The zero-order chi connectivity index (χ0) is 21.8. The zero-order valence-electron chi connectivity index (χ0n) is 16.5. The lowest BCUT2D eigenvalue weighted by Crippen LogP contribution is -2.46. The van der Waals surface area contributed by atoms with Crippen LogP contribution in [0, 0.1) is 0 Å². The van der Waals surface area contributed by atoms with Crippen LogP contribution in [0.25, 0.3) is 11.5 Å². The summed E-state index contributed by atoms with van der Waals surface area (Å²) < 4.78 is 25.5. The monoisotopic (exact) mass is 443 g/mol. The van der Waals surface area contributed by atoms with E-state index in [9.17, 15) is 14.1 Å². The molecular weight excluding hydrogens is 422 g/mol. The molecule has 1 aliphatic heterocycles. The molecule has 4 rings (SSSR count). The number of ether oxygens (including phenoxy) is 1. The Morgan fingerprint density at radius 3 is 2.52 bits per heavy atom. The topological polar surface area (TPSA) is 116 Å². The minimum absolute atomic E-state index is 0.139. The molecule has 2 heterocycles. The van der Waals surface area contributed by atoms with Crippen LogP contribution in [-0.2, 0) is 15.8 Å². The number of anilines is 1. The molecule has 2 aromatic carbocycles. The molecule has 0 bridgehead atoms. The van der Waals surface area contributed by atoms with Gasteiger partial charge in [-0.3, -0.25) is 0 Å². The summed E-state index contributed by atoms with van der Waals surface area (Å²) in [6.45, 7) is 1.97. The number of carbonyl (C=O) groups is 1. The fraction of sp³-hybridized carbons (Fsp3) is 0.238. The Morgan fingerprint density at radius 2 is 1.87 bits per heavy atom. The van der Waals surface area contributed by atoms with Gasteiger partial charge in [-0.1, -0.05) is 0 Å². The first-order valence-corrected chi connectivity index (χ1v) is 10.7. The lowest BCUT2D eigenvalue weighted by molar-refractivity contribution is -0.139. The largest absolute Gasteiger partial charge is 0.508 e. The van der Waals surface area contributed by atoms with Gasteiger partial charge in [0, 0.05) is 37.9 Å². The van der Waals surface area contributed by atoms with Gasteiger partial charge >= 0.3 is 5.97 Å². The van der Waals surface area contributed by atoms with Gasteiger partial charge in [0.25, 0.3) is 0 Å². The summed E-state index contributed by atoms with van der Waals surface area (Å²) in [5.41, 5.74) is 1.44. The van der Waals surface area contributed by atoms with Gasteiger partial charge in [0.1, 0.15) is 28.7 Å². The molecule has 0 amide bonds. The van der Waals surface area contributed by atoms with E-state index in [2.05, 4.69) is 9.88 Å². The normalized spacial score (nSPS) is 15.5. The number of phenols is 1. The standard InChI is InChI=1S/C21H21N3O6S/c25-16-2-4-17(5-3-16)31(28)24-10-8-23(9-11-24)15-1-6-18(21-22-7-12-29-21)19(13-15)30-14-20(26)27/h1-7,12-13,25H,8-11,14H2,(H,26,27). The summed E-state index contributed by atoms with van der Waals surface area (Å²) in [4.78, 5) is 17.9. The van der Waals surface area contributed by atoms with Gasteiger partial charge in [0.05, 0.1) is 16.7 Å². The highest BCUT2D eigenvalue weighted by Crippen LogP contribution is 2.33. The number of carboxylic acids is 1. The molecule has 0 saturated carbocycles. The maximum atomic E-state index is 12.8. The van der Waals surface area contributed by atoms with Crippen molar-refractivity contribution in [2.75, 3.05) is 37.7 Å². The quantitative estimate of drug-likeness (QED) is 0.572. The molecule has 162 valence electrons. The number of aromatic hydroxyl groups is 1. The average Bonchev–Trinajstić information content (AvgIpc) is 3.32. The van der Waals surface area contributed by atoms with Crippen LogP contribution in [0.1, 0.15) is 0 Å². The minimum Gasteiger partial charge on any atom is -0.508 e. The van der Waals surface area contributed by atoms with Crippen molar-refractivity contribution in [3.05, 3.63) is 54.9 Å². The predicted octanol–water partition coefficient (Wildman–Crippen LogP) is 2.36. The van der Waals surface area contributed by atoms with Crippen molar-refractivity contribution in [3.63, 3.8) is 0 Å². The van der Waals surface area contributed by atoms with E-state index in [1.807, 2.05) is 10.4 Å². The predicted molar refractivity (Wildman–Crippen MR) is 113 cm³/mol. The van der Waals surface area contributed by atoms with E-state index in [4.69, 9.17) is 14.3 Å². The van der Waals surface area contributed by atoms with Crippen molar-refractivity contribution in [2.24, 2.45) is 0 Å². The second-order valence-electron chi connectivity index (χ2n) is 6.86. The van der Waals surface area contributed by atoms with E-state index in [-0.39, 0.29) is 5.75 Å². The van der Waals surface area contributed by atoms with Gasteiger partial charge in [0.2, 0.25) is 5.89 Å². The number of benzene rings is 2. The third-order valence-electron chi connectivity index (χ3n) is 4.86. The number of rotatable bonds is 7. The van der Waals surface area contributed by atoms with Crippen LogP contribution in [-0.4, -0.2) is 62.5 Å². The third-order valence-corrected chi connectivity index (χ3v) is 6.37. The summed E-state index contributed by atoms with van der Waals surface area (Å²) >= 11 is 0. The van der Waals surface area contributed by atoms with Crippen molar-refractivity contribution >= 4 is 22.6 Å². The minimum atomic E-state index is -1.30. The first-order valence-electron chi connectivity index (χ1n) is 9.60. The van der Waals surface area contributed by atoms with Gasteiger partial charge in [-0.15, -0.1) is 0 Å². The van der Waals surface area contributed by atoms with Crippen LogP contribution in [0.5, 0.6) is 11.5 Å². The lowest BCUT2D eigenvalue weighted by Gasteiger charge is -2.35. The second-order valence-corrected chi connectivity index (χ2v) is 8.35. The van der Waals surface area contributed by atoms with Crippen molar-refractivity contribution in [1.29, 1.82) is 0 Å². The van der Waals surface area contributed by atoms with E-state index >= 15 is 0 Å². The van der Waals surface area contributed by atoms with E-state index < -0.39 is 23.6 Å². The van der Waals surface area contributed by atoms with Gasteiger partial charge in [-0.05, 0) is 36.4 Å². The van der Waals surface area contributed by atoms with E-state index in [1.165, 1.54) is 24.6 Å². The molecule has 1 atom stereocenters. The Kier molecular flexibility index (Phi) is 6.19. The first-order chi connectivity index (χ1) is 15.0. The number of hydrogen-bond donors (Lipinski definition) is 2. The molecule has 1 fully saturated rings. The van der Waals surface area contributed by atoms with Crippen LogP contribution in [0.4, 0.5) is 5.69 Å². The molecule has 9 nitrogen and oxygen atoms in total. The molecular formula is C21H21N3O6S.